The standard InChI is InChI=1S/C19H11BrI3NO4S/c1-28-16-12(22)6-11(21)14(15(16)23)17(25)24-18-13(19(26)27)10(7-29-18)8-2-4-9(20)5-3-8/h2-7H,1H3,(H,24,25)(H,26,27). The van der Waals surface area contributed by atoms with Crippen molar-refractivity contribution in [2.45, 2.75) is 0 Å². The van der Waals surface area contributed by atoms with Crippen molar-refractivity contribution in [2.75, 3.05) is 12.4 Å². The van der Waals surface area contributed by atoms with Crippen molar-refractivity contribution >= 4 is 112 Å². The lowest BCUT2D eigenvalue weighted by Crippen LogP contribution is -2.17. The number of ether oxygens (including phenoxy) is 1. The van der Waals surface area contributed by atoms with Gasteiger partial charge in [-0.05, 0) is 91.5 Å². The number of hydrogen-bond acceptors (Lipinski definition) is 4. The van der Waals surface area contributed by atoms with Crippen LogP contribution in [0.15, 0.2) is 40.2 Å². The summed E-state index contributed by atoms with van der Waals surface area (Å²) in [5.41, 5.74) is 1.86. The molecule has 0 saturated heterocycles. The summed E-state index contributed by atoms with van der Waals surface area (Å²) in [7, 11) is 1.56. The Morgan fingerprint density at radius 3 is 2.34 bits per heavy atom. The molecule has 0 unspecified atom stereocenters. The molecule has 1 heterocycles. The van der Waals surface area contributed by atoms with Crippen molar-refractivity contribution in [3.05, 3.63) is 62.0 Å². The smallest absolute Gasteiger partial charge is 0.339 e. The first-order valence-corrected chi connectivity index (χ1v) is 12.8. The first-order valence-electron chi connectivity index (χ1n) is 7.88. The van der Waals surface area contributed by atoms with E-state index in [9.17, 15) is 14.7 Å². The molecule has 0 aliphatic rings. The number of carboxylic acids is 1. The van der Waals surface area contributed by atoms with Gasteiger partial charge in [0.1, 0.15) is 16.3 Å². The lowest BCUT2D eigenvalue weighted by Gasteiger charge is -2.13. The van der Waals surface area contributed by atoms with Gasteiger partial charge in [-0.15, -0.1) is 11.3 Å². The van der Waals surface area contributed by atoms with Gasteiger partial charge in [-0.3, -0.25) is 4.79 Å². The van der Waals surface area contributed by atoms with Crippen molar-refractivity contribution in [3.8, 4) is 16.9 Å². The fraction of sp³-hybridized carbons (Fsp3) is 0.0526. The molecule has 1 amide bonds. The van der Waals surface area contributed by atoms with E-state index < -0.39 is 5.97 Å². The number of methoxy groups -OCH3 is 1. The number of nitrogens with one attached hydrogen (secondary N) is 1. The molecule has 29 heavy (non-hydrogen) atoms. The van der Waals surface area contributed by atoms with Gasteiger partial charge in [0.2, 0.25) is 0 Å². The van der Waals surface area contributed by atoms with Crippen LogP contribution in [-0.2, 0) is 0 Å². The van der Waals surface area contributed by atoms with Gasteiger partial charge in [0.15, 0.2) is 0 Å². The minimum absolute atomic E-state index is 0.0770. The predicted octanol–water partition coefficient (Wildman–Crippen LogP) is 6.95. The summed E-state index contributed by atoms with van der Waals surface area (Å²) >= 11 is 10.9. The average molecular weight is 810 g/mol. The molecule has 1 aromatic heterocycles. The summed E-state index contributed by atoms with van der Waals surface area (Å²) in [6, 6.07) is 9.22. The van der Waals surface area contributed by atoms with E-state index in [0.29, 0.717) is 25.4 Å². The number of carbonyl (C=O) groups excluding carboxylic acids is 1. The van der Waals surface area contributed by atoms with Crippen molar-refractivity contribution < 1.29 is 19.4 Å². The number of hydrogen-bond donors (Lipinski definition) is 2. The minimum Gasteiger partial charge on any atom is -0.495 e. The highest BCUT2D eigenvalue weighted by Crippen LogP contribution is 2.38. The number of amides is 1. The van der Waals surface area contributed by atoms with Crippen LogP contribution in [0.5, 0.6) is 5.75 Å². The summed E-state index contributed by atoms with van der Waals surface area (Å²) in [4.78, 5) is 25.0. The zero-order chi connectivity index (χ0) is 21.3. The molecule has 0 atom stereocenters. The second-order valence-corrected chi connectivity index (χ2v) is 10.9. The highest BCUT2D eigenvalue weighted by Gasteiger charge is 2.25. The molecule has 2 aromatic carbocycles. The molecule has 3 rings (SSSR count). The van der Waals surface area contributed by atoms with Crippen LogP contribution in [0.1, 0.15) is 20.7 Å². The number of carboxylic acid groups (broad SMARTS) is 1. The fourth-order valence-electron chi connectivity index (χ4n) is 2.64. The fourth-order valence-corrected chi connectivity index (χ4v) is 8.16. The third-order valence-corrected chi connectivity index (χ3v) is 8.05. The molecule has 0 aliphatic heterocycles. The first kappa shape index (κ1) is 23.2. The van der Waals surface area contributed by atoms with Crippen LogP contribution in [-0.4, -0.2) is 24.1 Å². The Morgan fingerprint density at radius 1 is 1.10 bits per heavy atom. The van der Waals surface area contributed by atoms with Crippen molar-refractivity contribution in [1.29, 1.82) is 0 Å². The van der Waals surface area contributed by atoms with Crippen LogP contribution in [0.3, 0.4) is 0 Å². The zero-order valence-electron chi connectivity index (χ0n) is 14.6. The SMILES string of the molecule is COc1c(I)cc(I)c(C(=O)Nc2scc(-c3ccc(Br)cc3)c2C(=O)O)c1I. The van der Waals surface area contributed by atoms with E-state index in [1.54, 1.807) is 12.5 Å². The Morgan fingerprint density at radius 2 is 1.76 bits per heavy atom. The molecule has 0 aliphatic carbocycles. The molecular formula is C19H11BrI3NO4S. The molecule has 0 radical (unpaired) electrons. The molecule has 0 bridgehead atoms. The van der Waals surface area contributed by atoms with E-state index in [4.69, 9.17) is 4.74 Å². The normalized spacial score (nSPS) is 10.7. The number of aromatic carboxylic acids is 1. The Kier molecular flexibility index (Phi) is 7.83. The highest BCUT2D eigenvalue weighted by molar-refractivity contribution is 14.1. The third-order valence-electron chi connectivity index (χ3n) is 3.95. The second-order valence-electron chi connectivity index (χ2n) is 5.68. The topological polar surface area (TPSA) is 75.6 Å². The van der Waals surface area contributed by atoms with Crippen LogP contribution in [0, 0.1) is 10.7 Å². The van der Waals surface area contributed by atoms with Gasteiger partial charge < -0.3 is 15.2 Å². The molecule has 5 nitrogen and oxygen atoms in total. The quantitative estimate of drug-likeness (QED) is 0.274. The number of thiophene rings is 1. The Balaban J connectivity index is 2.02. The van der Waals surface area contributed by atoms with E-state index in [1.165, 1.54) is 11.3 Å². The number of carbonyl (C=O) groups is 2. The summed E-state index contributed by atoms with van der Waals surface area (Å²) in [6.45, 7) is 0. The van der Waals surface area contributed by atoms with E-state index in [-0.39, 0.29) is 11.5 Å². The molecule has 0 fully saturated rings. The van der Waals surface area contributed by atoms with E-state index in [2.05, 4.69) is 89.0 Å². The average Bonchev–Trinajstić information content (AvgIpc) is 3.06. The summed E-state index contributed by atoms with van der Waals surface area (Å²) in [5.74, 6) is -0.846. The van der Waals surface area contributed by atoms with Gasteiger partial charge >= 0.3 is 5.97 Å². The van der Waals surface area contributed by atoms with Gasteiger partial charge in [0.25, 0.3) is 5.91 Å². The van der Waals surface area contributed by atoms with Crippen LogP contribution in [0.2, 0.25) is 0 Å². The van der Waals surface area contributed by atoms with Crippen LogP contribution in [0.4, 0.5) is 5.00 Å². The molecule has 0 saturated carbocycles. The summed E-state index contributed by atoms with van der Waals surface area (Å²) < 4.78 is 8.65. The van der Waals surface area contributed by atoms with Crippen LogP contribution >= 0.6 is 95.0 Å². The first-order chi connectivity index (χ1) is 13.7. The maximum Gasteiger partial charge on any atom is 0.339 e. The lowest BCUT2D eigenvalue weighted by molar-refractivity contribution is 0.0699. The predicted molar refractivity (Wildman–Crippen MR) is 144 cm³/mol. The number of halogens is 4. The lowest BCUT2D eigenvalue weighted by atomic mass is 10.0. The molecule has 150 valence electrons. The largest absolute Gasteiger partial charge is 0.495 e. The maximum atomic E-state index is 13.0. The van der Waals surface area contributed by atoms with Gasteiger partial charge in [-0.1, -0.05) is 28.1 Å². The Hall–Kier alpha value is -0.450. The minimum atomic E-state index is -1.09. The Labute approximate surface area is 220 Å². The van der Waals surface area contributed by atoms with Gasteiger partial charge in [0, 0.05) is 19.0 Å². The molecule has 0 spiro atoms. The molecular weight excluding hydrogens is 799 g/mol. The highest BCUT2D eigenvalue weighted by atomic mass is 127. The van der Waals surface area contributed by atoms with E-state index >= 15 is 0 Å². The van der Waals surface area contributed by atoms with Gasteiger partial charge in [-0.2, -0.15) is 0 Å². The van der Waals surface area contributed by atoms with Gasteiger partial charge in [0.05, 0.1) is 19.8 Å². The van der Waals surface area contributed by atoms with Crippen LogP contribution in [0.25, 0.3) is 11.1 Å². The second kappa shape index (κ2) is 9.78. The van der Waals surface area contributed by atoms with Crippen LogP contribution < -0.4 is 10.1 Å². The van der Waals surface area contributed by atoms with Crippen molar-refractivity contribution in [2.24, 2.45) is 0 Å². The van der Waals surface area contributed by atoms with E-state index in [0.717, 1.165) is 17.2 Å². The monoisotopic (exact) mass is 809 g/mol. The molecule has 3 aromatic rings. The number of rotatable bonds is 5. The maximum absolute atomic E-state index is 13.0. The van der Waals surface area contributed by atoms with Crippen molar-refractivity contribution in [1.82, 2.24) is 0 Å². The van der Waals surface area contributed by atoms with E-state index in [1.807, 2.05) is 30.3 Å². The number of anilines is 1. The molecule has 10 heteroatoms. The summed E-state index contributed by atoms with van der Waals surface area (Å²) in [5, 5.41) is 14.6. The van der Waals surface area contributed by atoms with Gasteiger partial charge in [-0.25, -0.2) is 4.79 Å². The third kappa shape index (κ3) is 4.91. The molecule has 2 N–H and O–H groups in total. The zero-order valence-corrected chi connectivity index (χ0v) is 23.4. The van der Waals surface area contributed by atoms with Crippen molar-refractivity contribution in [3.63, 3.8) is 0 Å². The summed E-state index contributed by atoms with van der Waals surface area (Å²) in [6.07, 6.45) is 0. The Bertz CT molecular complexity index is 1120. The number of benzene rings is 2.